The lowest BCUT2D eigenvalue weighted by molar-refractivity contribution is 0.514. The molecule has 0 atom stereocenters. The lowest BCUT2D eigenvalue weighted by atomic mass is 10.4. The van der Waals surface area contributed by atoms with Gasteiger partial charge in [-0.15, -0.1) is 0 Å². The van der Waals surface area contributed by atoms with Gasteiger partial charge in [0.05, 0.1) is 0 Å². The van der Waals surface area contributed by atoms with Crippen LogP contribution in [0.3, 0.4) is 0 Å². The quantitative estimate of drug-likeness (QED) is 0.559. The fourth-order valence-corrected chi connectivity index (χ4v) is 0.335. The zero-order valence-electron chi connectivity index (χ0n) is 6.49. The predicted molar refractivity (Wildman–Crippen MR) is 40.8 cm³/mol. The molecule has 0 aliphatic rings. The highest BCUT2D eigenvalue weighted by Gasteiger charge is 1.89. The third-order valence-electron chi connectivity index (χ3n) is 0.964. The Morgan fingerprint density at radius 1 is 1.56 bits per heavy atom. The molecule has 0 aliphatic heterocycles. The van der Waals surface area contributed by atoms with Crippen molar-refractivity contribution >= 4 is 0 Å². The monoisotopic (exact) mass is 128 g/mol. The number of hydrogen-bond donors (Lipinski definition) is 2. The van der Waals surface area contributed by atoms with E-state index in [1.54, 1.807) is 0 Å². The molecular formula is C7H16N2. The van der Waals surface area contributed by atoms with Crippen molar-refractivity contribution < 1.29 is 0 Å². The maximum absolute atomic E-state index is 3.77. The van der Waals surface area contributed by atoms with Gasteiger partial charge >= 0.3 is 0 Å². The number of hydrogen-bond acceptors (Lipinski definition) is 2. The van der Waals surface area contributed by atoms with Crippen molar-refractivity contribution in [3.63, 3.8) is 0 Å². The molecule has 0 heterocycles. The van der Waals surface area contributed by atoms with Gasteiger partial charge in [0, 0.05) is 11.7 Å². The largest absolute Gasteiger partial charge is 0.326 e. The van der Waals surface area contributed by atoms with Gasteiger partial charge < -0.3 is 5.43 Å². The molecule has 0 aromatic carbocycles. The summed E-state index contributed by atoms with van der Waals surface area (Å²) in [6, 6.07) is 0.466. The fraction of sp³-hybridized carbons (Fsp3) is 0.714. The molecule has 2 N–H and O–H groups in total. The molecule has 2 nitrogen and oxygen atoms in total. The van der Waals surface area contributed by atoms with E-state index in [-0.39, 0.29) is 0 Å². The number of rotatable bonds is 4. The first-order valence-corrected chi connectivity index (χ1v) is 3.36. The van der Waals surface area contributed by atoms with Crippen molar-refractivity contribution in [3.05, 3.63) is 12.3 Å². The molecule has 2 heteroatoms. The van der Waals surface area contributed by atoms with Crippen LogP contribution in [-0.4, -0.2) is 6.04 Å². The summed E-state index contributed by atoms with van der Waals surface area (Å²) in [5.41, 5.74) is 7.07. The van der Waals surface area contributed by atoms with Crippen LogP contribution in [0.4, 0.5) is 0 Å². The summed E-state index contributed by atoms with van der Waals surface area (Å²) in [6.07, 6.45) is 0.972. The Balaban J connectivity index is 3.17. The van der Waals surface area contributed by atoms with Crippen molar-refractivity contribution in [2.75, 3.05) is 0 Å². The van der Waals surface area contributed by atoms with E-state index in [4.69, 9.17) is 0 Å². The Kier molecular flexibility index (Phi) is 4.14. The third-order valence-corrected chi connectivity index (χ3v) is 0.964. The first-order chi connectivity index (χ1) is 4.16. The third kappa shape index (κ3) is 5.37. The summed E-state index contributed by atoms with van der Waals surface area (Å²) < 4.78 is 0. The molecule has 0 aliphatic carbocycles. The zero-order valence-corrected chi connectivity index (χ0v) is 6.49. The van der Waals surface area contributed by atoms with E-state index in [1.165, 1.54) is 0 Å². The van der Waals surface area contributed by atoms with Crippen LogP contribution in [0.15, 0.2) is 12.3 Å². The Morgan fingerprint density at radius 2 is 2.11 bits per heavy atom. The molecule has 9 heavy (non-hydrogen) atoms. The van der Waals surface area contributed by atoms with Crippen molar-refractivity contribution in [2.45, 2.75) is 33.2 Å². The maximum atomic E-state index is 3.77. The lowest BCUT2D eigenvalue weighted by Crippen LogP contribution is -2.36. The molecule has 0 amide bonds. The SMILES string of the molecule is C=C(CC)NNC(C)C. The van der Waals surface area contributed by atoms with E-state index in [0.29, 0.717) is 6.04 Å². The first-order valence-electron chi connectivity index (χ1n) is 3.36. The van der Waals surface area contributed by atoms with Crippen LogP contribution >= 0.6 is 0 Å². The molecular weight excluding hydrogens is 112 g/mol. The summed E-state index contributed by atoms with van der Waals surface area (Å²) in [7, 11) is 0. The minimum atomic E-state index is 0.466. The van der Waals surface area contributed by atoms with Gasteiger partial charge in [0.1, 0.15) is 0 Å². The lowest BCUT2D eigenvalue weighted by Gasteiger charge is -2.11. The summed E-state index contributed by atoms with van der Waals surface area (Å²) in [5.74, 6) is 0. The molecule has 0 spiro atoms. The van der Waals surface area contributed by atoms with E-state index in [9.17, 15) is 0 Å². The molecule has 0 aromatic rings. The van der Waals surface area contributed by atoms with Gasteiger partial charge in [-0.1, -0.05) is 13.5 Å². The van der Waals surface area contributed by atoms with Gasteiger partial charge in [-0.05, 0) is 20.3 Å². The summed E-state index contributed by atoms with van der Waals surface area (Å²) in [5, 5.41) is 0. The highest BCUT2D eigenvalue weighted by molar-refractivity contribution is 4.87. The molecule has 0 bridgehead atoms. The molecule has 54 valence electrons. The average molecular weight is 128 g/mol. The molecule has 0 saturated carbocycles. The minimum absolute atomic E-state index is 0.466. The highest BCUT2D eigenvalue weighted by atomic mass is 15.4. The van der Waals surface area contributed by atoms with Gasteiger partial charge in [-0.3, -0.25) is 0 Å². The summed E-state index contributed by atoms with van der Waals surface area (Å²) in [6.45, 7) is 10.00. The molecule has 0 radical (unpaired) electrons. The standard InChI is InChI=1S/C7H16N2/c1-5-7(4)9-8-6(2)3/h6,8-9H,4-5H2,1-3H3. The second kappa shape index (κ2) is 4.39. The van der Waals surface area contributed by atoms with E-state index >= 15 is 0 Å². The average Bonchev–Trinajstić information content (AvgIpc) is 1.83. The Hall–Kier alpha value is -0.500. The molecule has 0 rings (SSSR count). The van der Waals surface area contributed by atoms with Crippen LogP contribution in [0, 0.1) is 0 Å². The maximum Gasteiger partial charge on any atom is 0.0203 e. The molecule has 0 unspecified atom stereocenters. The van der Waals surface area contributed by atoms with Crippen molar-refractivity contribution in [2.24, 2.45) is 0 Å². The summed E-state index contributed by atoms with van der Waals surface area (Å²) >= 11 is 0. The number of nitrogens with one attached hydrogen (secondary N) is 2. The van der Waals surface area contributed by atoms with Crippen LogP contribution in [0.25, 0.3) is 0 Å². The second-order valence-corrected chi connectivity index (χ2v) is 2.38. The topological polar surface area (TPSA) is 24.1 Å². The van der Waals surface area contributed by atoms with Crippen LogP contribution in [-0.2, 0) is 0 Å². The first kappa shape index (κ1) is 8.50. The second-order valence-electron chi connectivity index (χ2n) is 2.38. The Labute approximate surface area is 57.3 Å². The molecule has 0 fully saturated rings. The Bertz CT molecular complexity index is 86.9. The van der Waals surface area contributed by atoms with Crippen LogP contribution < -0.4 is 10.9 Å². The number of allylic oxidation sites excluding steroid dienone is 1. The van der Waals surface area contributed by atoms with Gasteiger partial charge in [-0.25, -0.2) is 5.43 Å². The van der Waals surface area contributed by atoms with Gasteiger partial charge in [0.15, 0.2) is 0 Å². The Morgan fingerprint density at radius 3 is 2.44 bits per heavy atom. The van der Waals surface area contributed by atoms with E-state index in [1.807, 2.05) is 0 Å². The fourth-order valence-electron chi connectivity index (χ4n) is 0.335. The van der Waals surface area contributed by atoms with Crippen LogP contribution in [0.2, 0.25) is 0 Å². The van der Waals surface area contributed by atoms with E-state index < -0.39 is 0 Å². The number of hydrazine groups is 1. The van der Waals surface area contributed by atoms with E-state index in [2.05, 4.69) is 38.2 Å². The van der Waals surface area contributed by atoms with Gasteiger partial charge in [0.2, 0.25) is 0 Å². The minimum Gasteiger partial charge on any atom is -0.326 e. The van der Waals surface area contributed by atoms with Crippen molar-refractivity contribution in [1.82, 2.24) is 10.9 Å². The molecule has 0 aromatic heterocycles. The smallest absolute Gasteiger partial charge is 0.0203 e. The van der Waals surface area contributed by atoms with Gasteiger partial charge in [-0.2, -0.15) is 0 Å². The van der Waals surface area contributed by atoms with Crippen LogP contribution in [0.1, 0.15) is 27.2 Å². The molecule has 0 saturated heterocycles. The predicted octanol–water partition coefficient (Wildman–Crippen LogP) is 1.41. The van der Waals surface area contributed by atoms with Crippen LogP contribution in [0.5, 0.6) is 0 Å². The zero-order chi connectivity index (χ0) is 7.28. The van der Waals surface area contributed by atoms with Crippen molar-refractivity contribution in [3.8, 4) is 0 Å². The van der Waals surface area contributed by atoms with E-state index in [0.717, 1.165) is 12.1 Å². The summed E-state index contributed by atoms with van der Waals surface area (Å²) in [4.78, 5) is 0. The highest BCUT2D eigenvalue weighted by Crippen LogP contribution is 1.86. The van der Waals surface area contributed by atoms with Gasteiger partial charge in [0.25, 0.3) is 0 Å². The normalized spacial score (nSPS) is 9.78. The van der Waals surface area contributed by atoms with Crippen molar-refractivity contribution in [1.29, 1.82) is 0 Å².